The first-order chi connectivity index (χ1) is 13.4. The largest absolute Gasteiger partial charge is 0.369 e. The van der Waals surface area contributed by atoms with Gasteiger partial charge in [-0.15, -0.1) is 0 Å². The normalized spacial score (nSPS) is 15.4. The topological polar surface area (TPSA) is 75.4 Å². The number of carbonyl (C=O) groups is 2. The van der Waals surface area contributed by atoms with Crippen molar-refractivity contribution in [1.29, 1.82) is 0 Å². The van der Waals surface area contributed by atoms with Crippen LogP contribution in [0.25, 0.3) is 0 Å². The number of hydrogen-bond acceptors (Lipinski definition) is 4. The molecular formula is C22H27N3O2S. The van der Waals surface area contributed by atoms with Gasteiger partial charge < -0.3 is 11.1 Å². The van der Waals surface area contributed by atoms with E-state index in [-0.39, 0.29) is 17.7 Å². The quantitative estimate of drug-likeness (QED) is 0.781. The van der Waals surface area contributed by atoms with Crippen LogP contribution in [0, 0.1) is 19.8 Å². The zero-order valence-electron chi connectivity index (χ0n) is 16.4. The molecule has 1 aliphatic heterocycles. The first-order valence-corrected chi connectivity index (χ1v) is 10.4. The van der Waals surface area contributed by atoms with Crippen molar-refractivity contribution >= 4 is 29.3 Å². The molecule has 0 unspecified atom stereocenters. The maximum atomic E-state index is 12.3. The molecule has 0 aliphatic carbocycles. The van der Waals surface area contributed by atoms with Gasteiger partial charge in [0.2, 0.25) is 11.8 Å². The molecule has 1 heterocycles. The molecule has 1 aliphatic rings. The molecule has 2 aromatic carbocycles. The number of nitrogens with zero attached hydrogens (tertiary/aromatic N) is 1. The van der Waals surface area contributed by atoms with Crippen LogP contribution in [0.15, 0.2) is 52.3 Å². The van der Waals surface area contributed by atoms with E-state index in [0.29, 0.717) is 6.54 Å². The van der Waals surface area contributed by atoms with Crippen molar-refractivity contribution in [2.24, 2.45) is 11.7 Å². The van der Waals surface area contributed by atoms with Gasteiger partial charge in [-0.25, -0.2) is 0 Å². The zero-order chi connectivity index (χ0) is 20.1. The lowest BCUT2D eigenvalue weighted by atomic mass is 9.96. The molecule has 2 amide bonds. The number of primary amides is 1. The third-order valence-electron chi connectivity index (χ3n) is 5.07. The second kappa shape index (κ2) is 9.26. The Morgan fingerprint density at radius 3 is 2.43 bits per heavy atom. The van der Waals surface area contributed by atoms with Gasteiger partial charge in [-0.05, 0) is 81.2 Å². The SMILES string of the molecule is Cc1ccc(C)c(Sc2ccc(NC(=O)CN3CCC(C(N)=O)CC3)cc2)c1. The minimum Gasteiger partial charge on any atom is -0.369 e. The van der Waals surface area contributed by atoms with E-state index in [1.807, 2.05) is 24.3 Å². The number of likely N-dealkylation sites (tertiary alicyclic amines) is 1. The molecule has 148 valence electrons. The van der Waals surface area contributed by atoms with Crippen molar-refractivity contribution in [3.8, 4) is 0 Å². The predicted molar refractivity (Wildman–Crippen MR) is 113 cm³/mol. The maximum absolute atomic E-state index is 12.3. The van der Waals surface area contributed by atoms with Crippen molar-refractivity contribution in [3.05, 3.63) is 53.6 Å². The molecule has 28 heavy (non-hydrogen) atoms. The highest BCUT2D eigenvalue weighted by Crippen LogP contribution is 2.31. The Labute approximate surface area is 170 Å². The van der Waals surface area contributed by atoms with Crippen molar-refractivity contribution in [2.75, 3.05) is 25.0 Å². The lowest BCUT2D eigenvalue weighted by Gasteiger charge is -2.29. The first kappa shape index (κ1) is 20.4. The number of nitrogens with two attached hydrogens (primary N) is 1. The van der Waals surface area contributed by atoms with E-state index in [2.05, 4.69) is 42.3 Å². The third-order valence-corrected chi connectivity index (χ3v) is 6.23. The fourth-order valence-electron chi connectivity index (χ4n) is 3.33. The summed E-state index contributed by atoms with van der Waals surface area (Å²) < 4.78 is 0. The van der Waals surface area contributed by atoms with E-state index in [0.717, 1.165) is 36.5 Å². The van der Waals surface area contributed by atoms with Gasteiger partial charge >= 0.3 is 0 Å². The van der Waals surface area contributed by atoms with Crippen LogP contribution in [0.2, 0.25) is 0 Å². The van der Waals surface area contributed by atoms with Crippen molar-refractivity contribution in [2.45, 2.75) is 36.5 Å². The number of benzene rings is 2. The summed E-state index contributed by atoms with van der Waals surface area (Å²) >= 11 is 1.73. The molecule has 0 radical (unpaired) electrons. The number of rotatable bonds is 6. The molecule has 3 rings (SSSR count). The number of anilines is 1. The fourth-order valence-corrected chi connectivity index (χ4v) is 4.33. The minimum atomic E-state index is -0.233. The number of aryl methyl sites for hydroxylation is 2. The van der Waals surface area contributed by atoms with E-state index in [9.17, 15) is 9.59 Å². The highest BCUT2D eigenvalue weighted by Gasteiger charge is 2.24. The molecule has 5 nitrogen and oxygen atoms in total. The Hall–Kier alpha value is -2.31. The smallest absolute Gasteiger partial charge is 0.238 e. The van der Waals surface area contributed by atoms with Crippen LogP contribution >= 0.6 is 11.8 Å². The summed E-state index contributed by atoms with van der Waals surface area (Å²) in [5.41, 5.74) is 8.65. The van der Waals surface area contributed by atoms with E-state index in [4.69, 9.17) is 5.73 Å². The lowest BCUT2D eigenvalue weighted by Crippen LogP contribution is -2.42. The molecule has 1 saturated heterocycles. The summed E-state index contributed by atoms with van der Waals surface area (Å²) in [5, 5.41) is 2.95. The van der Waals surface area contributed by atoms with Gasteiger partial charge in [0.1, 0.15) is 0 Å². The van der Waals surface area contributed by atoms with Crippen molar-refractivity contribution < 1.29 is 9.59 Å². The Bertz CT molecular complexity index is 843. The molecule has 0 spiro atoms. The van der Waals surface area contributed by atoms with Gasteiger partial charge in [-0.3, -0.25) is 14.5 Å². The van der Waals surface area contributed by atoms with Crippen LogP contribution < -0.4 is 11.1 Å². The second-order valence-corrected chi connectivity index (χ2v) is 8.51. The Morgan fingerprint density at radius 2 is 1.79 bits per heavy atom. The van der Waals surface area contributed by atoms with Gasteiger partial charge in [-0.2, -0.15) is 0 Å². The summed E-state index contributed by atoms with van der Waals surface area (Å²) in [7, 11) is 0. The van der Waals surface area contributed by atoms with E-state index in [1.165, 1.54) is 16.0 Å². The predicted octanol–water partition coefficient (Wildman–Crippen LogP) is 3.59. The van der Waals surface area contributed by atoms with E-state index >= 15 is 0 Å². The average Bonchev–Trinajstić information content (AvgIpc) is 2.66. The van der Waals surface area contributed by atoms with Crippen LogP contribution in [-0.4, -0.2) is 36.3 Å². The third kappa shape index (κ3) is 5.59. The van der Waals surface area contributed by atoms with Gasteiger partial charge in [-0.1, -0.05) is 23.9 Å². The summed E-state index contributed by atoms with van der Waals surface area (Å²) in [6.45, 7) is 6.00. The summed E-state index contributed by atoms with van der Waals surface area (Å²) in [6.07, 6.45) is 1.46. The van der Waals surface area contributed by atoms with Crippen molar-refractivity contribution in [3.63, 3.8) is 0 Å². The average molecular weight is 398 g/mol. The summed E-state index contributed by atoms with van der Waals surface area (Å²) in [5.74, 6) is -0.322. The number of hydrogen-bond donors (Lipinski definition) is 2. The Kier molecular flexibility index (Phi) is 6.75. The van der Waals surface area contributed by atoms with Gasteiger partial charge in [0.25, 0.3) is 0 Å². The maximum Gasteiger partial charge on any atom is 0.238 e. The monoisotopic (exact) mass is 397 g/mol. The Morgan fingerprint density at radius 1 is 1.11 bits per heavy atom. The zero-order valence-corrected chi connectivity index (χ0v) is 17.2. The molecule has 1 fully saturated rings. The first-order valence-electron chi connectivity index (χ1n) is 9.57. The van der Waals surface area contributed by atoms with E-state index in [1.54, 1.807) is 11.8 Å². The van der Waals surface area contributed by atoms with Crippen molar-refractivity contribution in [1.82, 2.24) is 4.90 Å². The van der Waals surface area contributed by atoms with Crippen LogP contribution in [0.3, 0.4) is 0 Å². The number of piperidine rings is 1. The summed E-state index contributed by atoms with van der Waals surface area (Å²) in [6, 6.07) is 14.4. The lowest BCUT2D eigenvalue weighted by molar-refractivity contribution is -0.123. The number of amides is 2. The van der Waals surface area contributed by atoms with Crippen LogP contribution in [0.5, 0.6) is 0 Å². The molecule has 0 bridgehead atoms. The summed E-state index contributed by atoms with van der Waals surface area (Å²) in [4.78, 5) is 28.0. The molecule has 0 saturated carbocycles. The molecule has 2 aromatic rings. The fraction of sp³-hybridized carbons (Fsp3) is 0.364. The van der Waals surface area contributed by atoms with Gasteiger partial charge in [0.15, 0.2) is 0 Å². The Balaban J connectivity index is 1.51. The highest BCUT2D eigenvalue weighted by atomic mass is 32.2. The minimum absolute atomic E-state index is 0.0348. The van der Waals surface area contributed by atoms with Gasteiger partial charge in [0.05, 0.1) is 6.54 Å². The molecule has 0 atom stereocenters. The number of carbonyl (C=O) groups excluding carboxylic acids is 2. The standard InChI is InChI=1S/C22H27N3O2S/c1-15-3-4-16(2)20(13-15)28-19-7-5-18(6-8-19)24-21(26)14-25-11-9-17(10-12-25)22(23)27/h3-8,13,17H,9-12,14H2,1-2H3,(H2,23,27)(H,24,26). The molecule has 3 N–H and O–H groups in total. The molecule has 6 heteroatoms. The van der Waals surface area contributed by atoms with Crippen LogP contribution in [0.1, 0.15) is 24.0 Å². The van der Waals surface area contributed by atoms with Crippen LogP contribution in [-0.2, 0) is 9.59 Å². The molecule has 0 aromatic heterocycles. The van der Waals surface area contributed by atoms with E-state index < -0.39 is 0 Å². The van der Waals surface area contributed by atoms with Gasteiger partial charge in [0, 0.05) is 21.4 Å². The molecular weight excluding hydrogens is 370 g/mol. The second-order valence-electron chi connectivity index (χ2n) is 7.40. The highest BCUT2D eigenvalue weighted by molar-refractivity contribution is 7.99. The number of nitrogens with one attached hydrogen (secondary N) is 1. The van der Waals surface area contributed by atoms with Crippen LogP contribution in [0.4, 0.5) is 5.69 Å².